The molecule has 4 aromatic rings. The van der Waals surface area contributed by atoms with Crippen LogP contribution in [0.15, 0.2) is 65.2 Å². The summed E-state index contributed by atoms with van der Waals surface area (Å²) in [5, 5.41) is 4.66. The highest BCUT2D eigenvalue weighted by Gasteiger charge is 2.15. The minimum absolute atomic E-state index is 0.423. The quantitative estimate of drug-likeness (QED) is 0.368. The Morgan fingerprint density at radius 1 is 0.967 bits per heavy atom. The lowest BCUT2D eigenvalue weighted by molar-refractivity contribution is 0.302. The van der Waals surface area contributed by atoms with E-state index in [0.29, 0.717) is 34.7 Å². The number of hydrogen-bond acceptors (Lipinski definition) is 5. The normalized spacial score (nSPS) is 10.8. The molecule has 0 unspecified atom stereocenters. The zero-order chi connectivity index (χ0) is 21.1. The van der Waals surface area contributed by atoms with Crippen LogP contribution < -0.4 is 9.47 Å². The zero-order valence-electron chi connectivity index (χ0n) is 17.0. The van der Waals surface area contributed by atoms with Crippen LogP contribution in [0.1, 0.15) is 16.7 Å². The second-order valence-electron chi connectivity index (χ2n) is 6.97. The number of aromatic nitrogens is 2. The van der Waals surface area contributed by atoms with Gasteiger partial charge in [0.25, 0.3) is 5.89 Å². The Morgan fingerprint density at radius 2 is 1.70 bits per heavy atom. The molecule has 1 aromatic heterocycles. The van der Waals surface area contributed by atoms with Gasteiger partial charge in [-0.2, -0.15) is 4.98 Å². The Labute approximate surface area is 180 Å². The van der Waals surface area contributed by atoms with Crippen LogP contribution in [-0.4, -0.2) is 17.3 Å². The molecule has 0 N–H and O–H groups in total. The summed E-state index contributed by atoms with van der Waals surface area (Å²) in [6, 6.07) is 19.3. The van der Waals surface area contributed by atoms with Gasteiger partial charge >= 0.3 is 0 Å². The molecule has 4 rings (SSSR count). The van der Waals surface area contributed by atoms with Crippen molar-refractivity contribution < 1.29 is 14.0 Å². The molecule has 0 aliphatic rings. The van der Waals surface area contributed by atoms with Crippen molar-refractivity contribution in [2.45, 2.75) is 20.5 Å². The molecular weight excluding hydrogens is 400 g/mol. The van der Waals surface area contributed by atoms with Gasteiger partial charge in [0.1, 0.15) is 18.1 Å². The molecule has 152 valence electrons. The third-order valence-corrected chi connectivity index (χ3v) is 5.06. The Bertz CT molecular complexity index is 1150. The summed E-state index contributed by atoms with van der Waals surface area (Å²) in [5.74, 6) is 2.41. The summed E-state index contributed by atoms with van der Waals surface area (Å²) >= 11 is 6.10. The molecule has 0 spiro atoms. The molecule has 5 nitrogen and oxygen atoms in total. The second kappa shape index (κ2) is 8.59. The van der Waals surface area contributed by atoms with E-state index in [1.165, 1.54) is 0 Å². The van der Waals surface area contributed by atoms with Crippen LogP contribution in [0.4, 0.5) is 0 Å². The van der Waals surface area contributed by atoms with Gasteiger partial charge in [0.05, 0.1) is 12.7 Å². The first kappa shape index (κ1) is 20.0. The SMILES string of the molecule is COc1ccc(Cl)cc1-c1noc(-c2ccc(COc3c(C)cccc3C)cc2)n1. The summed E-state index contributed by atoms with van der Waals surface area (Å²) in [6.45, 7) is 4.59. The van der Waals surface area contributed by atoms with E-state index in [-0.39, 0.29) is 0 Å². The van der Waals surface area contributed by atoms with Gasteiger partial charge in [-0.25, -0.2) is 0 Å². The summed E-state index contributed by atoms with van der Waals surface area (Å²) < 4.78 is 16.8. The van der Waals surface area contributed by atoms with Crippen molar-refractivity contribution >= 4 is 11.6 Å². The first-order chi connectivity index (χ1) is 14.5. The Kier molecular flexibility index (Phi) is 5.72. The van der Waals surface area contributed by atoms with Crippen molar-refractivity contribution in [1.82, 2.24) is 10.1 Å². The predicted octanol–water partition coefficient (Wildman–Crippen LogP) is 6.26. The predicted molar refractivity (Wildman–Crippen MR) is 117 cm³/mol. The van der Waals surface area contributed by atoms with Crippen LogP contribution in [0.5, 0.6) is 11.5 Å². The number of halogens is 1. The van der Waals surface area contributed by atoms with Gasteiger partial charge in [0, 0.05) is 10.6 Å². The highest BCUT2D eigenvalue weighted by molar-refractivity contribution is 6.30. The molecule has 0 saturated carbocycles. The number of aryl methyl sites for hydroxylation is 2. The van der Waals surface area contributed by atoms with E-state index in [1.54, 1.807) is 25.3 Å². The minimum atomic E-state index is 0.423. The number of para-hydroxylation sites is 1. The standard InChI is InChI=1S/C24H21ClN2O3/c1-15-5-4-6-16(2)22(15)29-14-17-7-9-18(10-8-17)24-26-23(27-30-24)20-13-19(25)11-12-21(20)28-3/h4-13H,14H2,1-3H3. The number of benzene rings is 3. The lowest BCUT2D eigenvalue weighted by Crippen LogP contribution is -1.98. The number of methoxy groups -OCH3 is 1. The summed E-state index contributed by atoms with van der Waals surface area (Å²) in [6.07, 6.45) is 0. The van der Waals surface area contributed by atoms with Gasteiger partial charge < -0.3 is 14.0 Å². The molecule has 3 aromatic carbocycles. The Hall–Kier alpha value is -3.31. The molecule has 0 aliphatic heterocycles. The molecule has 30 heavy (non-hydrogen) atoms. The molecule has 1 heterocycles. The summed E-state index contributed by atoms with van der Waals surface area (Å²) in [7, 11) is 1.59. The molecular formula is C24H21ClN2O3. The van der Waals surface area contributed by atoms with Crippen molar-refractivity contribution in [3.8, 4) is 34.3 Å². The van der Waals surface area contributed by atoms with Crippen molar-refractivity contribution in [1.29, 1.82) is 0 Å². The van der Waals surface area contributed by atoms with E-state index in [0.717, 1.165) is 28.0 Å². The lowest BCUT2D eigenvalue weighted by Gasteiger charge is -2.12. The Morgan fingerprint density at radius 3 is 2.40 bits per heavy atom. The third kappa shape index (κ3) is 4.16. The average molecular weight is 421 g/mol. The number of ether oxygens (including phenoxy) is 2. The largest absolute Gasteiger partial charge is 0.496 e. The van der Waals surface area contributed by atoms with Crippen molar-refractivity contribution in [2.75, 3.05) is 7.11 Å². The van der Waals surface area contributed by atoms with Crippen LogP contribution in [0.2, 0.25) is 5.02 Å². The van der Waals surface area contributed by atoms with Crippen LogP contribution >= 0.6 is 11.6 Å². The first-order valence-electron chi connectivity index (χ1n) is 9.51. The van der Waals surface area contributed by atoms with Gasteiger partial charge in [0.2, 0.25) is 5.82 Å². The Balaban J connectivity index is 1.51. The highest BCUT2D eigenvalue weighted by Crippen LogP contribution is 2.32. The maximum Gasteiger partial charge on any atom is 0.258 e. The average Bonchev–Trinajstić information content (AvgIpc) is 3.24. The molecule has 0 atom stereocenters. The molecule has 0 amide bonds. The maximum atomic E-state index is 6.10. The number of nitrogens with zero attached hydrogens (tertiary/aromatic N) is 2. The van der Waals surface area contributed by atoms with E-state index in [9.17, 15) is 0 Å². The van der Waals surface area contributed by atoms with Crippen LogP contribution in [0.3, 0.4) is 0 Å². The smallest absolute Gasteiger partial charge is 0.258 e. The van der Waals surface area contributed by atoms with Gasteiger partial charge in [0.15, 0.2) is 0 Å². The van der Waals surface area contributed by atoms with E-state index < -0.39 is 0 Å². The number of hydrogen-bond donors (Lipinski definition) is 0. The zero-order valence-corrected chi connectivity index (χ0v) is 17.7. The topological polar surface area (TPSA) is 57.4 Å². The van der Waals surface area contributed by atoms with Gasteiger partial charge in [-0.15, -0.1) is 0 Å². The van der Waals surface area contributed by atoms with E-state index in [2.05, 4.69) is 10.1 Å². The fourth-order valence-corrected chi connectivity index (χ4v) is 3.40. The maximum absolute atomic E-state index is 6.10. The highest BCUT2D eigenvalue weighted by atomic mass is 35.5. The van der Waals surface area contributed by atoms with E-state index in [4.69, 9.17) is 25.6 Å². The van der Waals surface area contributed by atoms with Crippen LogP contribution in [0.25, 0.3) is 22.8 Å². The molecule has 0 saturated heterocycles. The molecule has 0 radical (unpaired) electrons. The molecule has 0 aliphatic carbocycles. The summed E-state index contributed by atoms with van der Waals surface area (Å²) in [4.78, 5) is 4.50. The van der Waals surface area contributed by atoms with Gasteiger partial charge in [-0.05, 0) is 60.9 Å². The molecule has 6 heteroatoms. The minimum Gasteiger partial charge on any atom is -0.496 e. The number of rotatable bonds is 6. The molecule has 0 bridgehead atoms. The fraction of sp³-hybridized carbons (Fsp3) is 0.167. The fourth-order valence-electron chi connectivity index (χ4n) is 3.23. The van der Waals surface area contributed by atoms with Crippen LogP contribution in [-0.2, 0) is 6.61 Å². The molecule has 0 fully saturated rings. The van der Waals surface area contributed by atoms with E-state index >= 15 is 0 Å². The summed E-state index contributed by atoms with van der Waals surface area (Å²) in [5.41, 5.74) is 4.81. The first-order valence-corrected chi connectivity index (χ1v) is 9.89. The van der Waals surface area contributed by atoms with Gasteiger partial charge in [-0.3, -0.25) is 0 Å². The van der Waals surface area contributed by atoms with Crippen molar-refractivity contribution in [3.63, 3.8) is 0 Å². The second-order valence-corrected chi connectivity index (χ2v) is 7.41. The van der Waals surface area contributed by atoms with Gasteiger partial charge in [-0.1, -0.05) is 47.1 Å². The van der Waals surface area contributed by atoms with Crippen molar-refractivity contribution in [3.05, 3.63) is 82.4 Å². The van der Waals surface area contributed by atoms with Crippen molar-refractivity contribution in [2.24, 2.45) is 0 Å². The lowest BCUT2D eigenvalue weighted by atomic mass is 10.1. The monoisotopic (exact) mass is 420 g/mol. The van der Waals surface area contributed by atoms with Crippen LogP contribution in [0, 0.1) is 13.8 Å². The third-order valence-electron chi connectivity index (χ3n) is 4.82. The van der Waals surface area contributed by atoms with E-state index in [1.807, 2.05) is 56.3 Å².